The predicted molar refractivity (Wildman–Crippen MR) is 70.9 cm³/mol. The van der Waals surface area contributed by atoms with Crippen molar-refractivity contribution in [3.63, 3.8) is 0 Å². The number of carbonyl (C=O) groups is 1. The van der Waals surface area contributed by atoms with Gasteiger partial charge in [0, 0.05) is 26.2 Å². The second-order valence-corrected chi connectivity index (χ2v) is 5.87. The van der Waals surface area contributed by atoms with E-state index in [2.05, 4.69) is 25.7 Å². The molecular formula is C13H25N3O. The Balaban J connectivity index is 2.81. The fraction of sp³-hybridized carbons (Fsp3) is 0.769. The van der Waals surface area contributed by atoms with Crippen LogP contribution in [0.25, 0.3) is 0 Å². The molecule has 1 unspecified atom stereocenters. The van der Waals surface area contributed by atoms with Gasteiger partial charge in [-0.2, -0.15) is 0 Å². The van der Waals surface area contributed by atoms with Crippen molar-refractivity contribution in [1.82, 2.24) is 15.1 Å². The molecule has 1 rings (SSSR count). The van der Waals surface area contributed by atoms with E-state index < -0.39 is 0 Å². The van der Waals surface area contributed by atoms with E-state index in [9.17, 15) is 4.79 Å². The summed E-state index contributed by atoms with van der Waals surface area (Å²) in [6.07, 6.45) is 1.80. The van der Waals surface area contributed by atoms with Gasteiger partial charge >= 0.3 is 0 Å². The lowest BCUT2D eigenvalue weighted by Crippen LogP contribution is -2.48. The molecule has 0 saturated carbocycles. The molecule has 4 nitrogen and oxygen atoms in total. The lowest BCUT2D eigenvalue weighted by Gasteiger charge is -2.28. The second kappa shape index (κ2) is 5.65. The van der Waals surface area contributed by atoms with Gasteiger partial charge in [0.15, 0.2) is 0 Å². The van der Waals surface area contributed by atoms with E-state index in [0.717, 1.165) is 19.6 Å². The van der Waals surface area contributed by atoms with E-state index in [0.29, 0.717) is 6.54 Å². The maximum Gasteiger partial charge on any atom is 0.241 e. The molecule has 1 atom stereocenters. The van der Waals surface area contributed by atoms with Crippen LogP contribution in [0.4, 0.5) is 0 Å². The van der Waals surface area contributed by atoms with Crippen LogP contribution in [0.15, 0.2) is 12.7 Å². The lowest BCUT2D eigenvalue weighted by atomic mass is 9.93. The van der Waals surface area contributed by atoms with E-state index in [1.807, 2.05) is 23.9 Å². The van der Waals surface area contributed by atoms with Gasteiger partial charge in [-0.25, -0.2) is 0 Å². The van der Waals surface area contributed by atoms with Crippen LogP contribution in [0.2, 0.25) is 0 Å². The van der Waals surface area contributed by atoms with Crippen LogP contribution in [0, 0.1) is 5.41 Å². The standard InChI is InChI=1S/C13H25N3O/c1-6-7-16-10-13(2,3)9-14-11(12(16)17)8-15(4)5/h6,11,14H,1,7-10H2,2-5H3. The highest BCUT2D eigenvalue weighted by Gasteiger charge is 2.33. The van der Waals surface area contributed by atoms with Crippen molar-refractivity contribution < 1.29 is 4.79 Å². The molecule has 0 aliphatic carbocycles. The topological polar surface area (TPSA) is 35.6 Å². The van der Waals surface area contributed by atoms with Gasteiger partial charge in [0.2, 0.25) is 5.91 Å². The van der Waals surface area contributed by atoms with E-state index >= 15 is 0 Å². The lowest BCUT2D eigenvalue weighted by molar-refractivity contribution is -0.133. The molecule has 0 bridgehead atoms. The molecule has 0 aromatic carbocycles. The predicted octanol–water partition coefficient (Wildman–Crippen LogP) is 0.561. The van der Waals surface area contributed by atoms with Gasteiger partial charge in [0.25, 0.3) is 0 Å². The fourth-order valence-corrected chi connectivity index (χ4v) is 2.18. The quantitative estimate of drug-likeness (QED) is 0.728. The number of nitrogens with zero attached hydrogens (tertiary/aromatic N) is 2. The maximum absolute atomic E-state index is 12.3. The highest BCUT2D eigenvalue weighted by molar-refractivity contribution is 5.82. The first-order valence-corrected chi connectivity index (χ1v) is 6.13. The summed E-state index contributed by atoms with van der Waals surface area (Å²) in [4.78, 5) is 16.3. The normalized spacial score (nSPS) is 24.9. The monoisotopic (exact) mass is 239 g/mol. The number of hydrogen-bond donors (Lipinski definition) is 1. The van der Waals surface area contributed by atoms with E-state index in [4.69, 9.17) is 0 Å². The van der Waals surface area contributed by atoms with Crippen molar-refractivity contribution in [3.8, 4) is 0 Å². The van der Waals surface area contributed by atoms with E-state index in [1.54, 1.807) is 6.08 Å². The number of carbonyl (C=O) groups excluding carboxylic acids is 1. The smallest absolute Gasteiger partial charge is 0.241 e. The molecule has 4 heteroatoms. The average Bonchev–Trinajstić information content (AvgIpc) is 2.30. The molecule has 0 aromatic rings. The third-order valence-corrected chi connectivity index (χ3v) is 2.95. The number of likely N-dealkylation sites (N-methyl/N-ethyl adjacent to an activating group) is 1. The number of hydrogen-bond acceptors (Lipinski definition) is 3. The molecule has 1 heterocycles. The van der Waals surface area contributed by atoms with Crippen molar-refractivity contribution in [2.24, 2.45) is 5.41 Å². The molecule has 1 aliphatic heterocycles. The Kier molecular flexibility index (Phi) is 4.71. The third kappa shape index (κ3) is 4.13. The molecule has 98 valence electrons. The number of amides is 1. The molecule has 0 aromatic heterocycles. The van der Waals surface area contributed by atoms with Gasteiger partial charge in [-0.1, -0.05) is 19.9 Å². The first-order valence-electron chi connectivity index (χ1n) is 6.13. The summed E-state index contributed by atoms with van der Waals surface area (Å²) < 4.78 is 0. The van der Waals surface area contributed by atoms with Crippen molar-refractivity contribution in [2.75, 3.05) is 40.3 Å². The van der Waals surface area contributed by atoms with Crippen LogP contribution in [0.5, 0.6) is 0 Å². The molecule has 1 aliphatic rings. The van der Waals surface area contributed by atoms with Crippen LogP contribution >= 0.6 is 0 Å². The molecule has 1 fully saturated rings. The Hall–Kier alpha value is -0.870. The summed E-state index contributed by atoms with van der Waals surface area (Å²) in [5.41, 5.74) is 0.111. The molecule has 0 spiro atoms. The largest absolute Gasteiger partial charge is 0.337 e. The van der Waals surface area contributed by atoms with Gasteiger partial charge in [0.1, 0.15) is 0 Å². The minimum absolute atomic E-state index is 0.105. The second-order valence-electron chi connectivity index (χ2n) is 5.87. The Labute approximate surface area is 105 Å². The Morgan fingerprint density at radius 3 is 2.76 bits per heavy atom. The van der Waals surface area contributed by atoms with Gasteiger partial charge in [-0.15, -0.1) is 6.58 Å². The Bertz CT molecular complexity index is 286. The molecule has 1 N–H and O–H groups in total. The highest BCUT2D eigenvalue weighted by Crippen LogP contribution is 2.20. The Morgan fingerprint density at radius 2 is 2.24 bits per heavy atom. The molecular weight excluding hydrogens is 214 g/mol. The first-order chi connectivity index (χ1) is 7.85. The van der Waals surface area contributed by atoms with Gasteiger partial charge in [-0.05, 0) is 19.5 Å². The minimum atomic E-state index is -0.105. The molecule has 17 heavy (non-hydrogen) atoms. The Morgan fingerprint density at radius 1 is 1.59 bits per heavy atom. The van der Waals surface area contributed by atoms with Crippen LogP contribution < -0.4 is 5.32 Å². The van der Waals surface area contributed by atoms with Crippen molar-refractivity contribution in [3.05, 3.63) is 12.7 Å². The first kappa shape index (κ1) is 14.2. The zero-order valence-electron chi connectivity index (χ0n) is 11.5. The summed E-state index contributed by atoms with van der Waals surface area (Å²) in [7, 11) is 3.98. The van der Waals surface area contributed by atoms with E-state index in [-0.39, 0.29) is 17.4 Å². The average molecular weight is 239 g/mol. The summed E-state index contributed by atoms with van der Waals surface area (Å²) in [6.45, 7) is 11.1. The highest BCUT2D eigenvalue weighted by atomic mass is 16.2. The fourth-order valence-electron chi connectivity index (χ4n) is 2.18. The third-order valence-electron chi connectivity index (χ3n) is 2.95. The molecule has 1 saturated heterocycles. The zero-order valence-corrected chi connectivity index (χ0v) is 11.5. The summed E-state index contributed by atoms with van der Waals surface area (Å²) in [5, 5.41) is 3.37. The maximum atomic E-state index is 12.3. The summed E-state index contributed by atoms with van der Waals surface area (Å²) >= 11 is 0. The van der Waals surface area contributed by atoms with Crippen LogP contribution in [-0.4, -0.2) is 62.0 Å². The minimum Gasteiger partial charge on any atom is -0.337 e. The molecule has 1 amide bonds. The SMILES string of the molecule is C=CCN1CC(C)(C)CNC(CN(C)C)C1=O. The molecule has 0 radical (unpaired) electrons. The summed E-state index contributed by atoms with van der Waals surface area (Å²) in [5.74, 6) is 0.184. The van der Waals surface area contributed by atoms with Crippen LogP contribution in [0.3, 0.4) is 0 Å². The zero-order chi connectivity index (χ0) is 13.1. The van der Waals surface area contributed by atoms with Crippen LogP contribution in [0.1, 0.15) is 13.8 Å². The summed E-state index contributed by atoms with van der Waals surface area (Å²) in [6, 6.07) is -0.105. The van der Waals surface area contributed by atoms with Gasteiger partial charge in [-0.3, -0.25) is 4.79 Å². The van der Waals surface area contributed by atoms with Gasteiger partial charge < -0.3 is 15.1 Å². The van der Waals surface area contributed by atoms with E-state index in [1.165, 1.54) is 0 Å². The van der Waals surface area contributed by atoms with Crippen molar-refractivity contribution in [1.29, 1.82) is 0 Å². The van der Waals surface area contributed by atoms with Gasteiger partial charge in [0.05, 0.1) is 6.04 Å². The number of nitrogens with one attached hydrogen (secondary N) is 1. The van der Waals surface area contributed by atoms with Crippen molar-refractivity contribution in [2.45, 2.75) is 19.9 Å². The number of rotatable bonds is 4. The van der Waals surface area contributed by atoms with Crippen LogP contribution in [-0.2, 0) is 4.79 Å². The van der Waals surface area contributed by atoms with Crippen molar-refractivity contribution >= 4 is 5.91 Å².